The van der Waals surface area contributed by atoms with Gasteiger partial charge in [0.15, 0.2) is 6.10 Å². The summed E-state index contributed by atoms with van der Waals surface area (Å²) in [7, 11) is 2.86. The zero-order valence-electron chi connectivity index (χ0n) is 36.2. The molecular formula is C46H56N6O11. The SMILES string of the molecule is CO[C@H]1C=C/C=C(\C)C(=O)Nc2cc(O)c(NC(=O)c3ccc(CN4CCN(c5ccc([N+](=O)[O-])cc5)CC4)cc3)c(c2O)/C=C(\C)C[C@H](OC)[C@H](O)[C@@H](C)/C=C(\C)[C@@H]1OC(N)=O. The van der Waals surface area contributed by atoms with Gasteiger partial charge in [-0.25, -0.2) is 4.79 Å². The lowest BCUT2D eigenvalue weighted by atomic mass is 9.91. The van der Waals surface area contributed by atoms with Crippen LogP contribution in [-0.4, -0.2) is 108 Å². The van der Waals surface area contributed by atoms with Crippen LogP contribution < -0.4 is 21.3 Å². The van der Waals surface area contributed by atoms with Crippen LogP contribution in [-0.2, 0) is 25.5 Å². The molecule has 0 aromatic heterocycles. The number of nitrogens with zero attached hydrogens (tertiary/aromatic N) is 3. The first-order valence-corrected chi connectivity index (χ1v) is 20.4. The van der Waals surface area contributed by atoms with Crippen molar-refractivity contribution in [1.29, 1.82) is 0 Å². The first kappa shape index (κ1) is 47.5. The van der Waals surface area contributed by atoms with E-state index in [0.29, 0.717) is 17.7 Å². The quantitative estimate of drug-likeness (QED) is 0.0458. The van der Waals surface area contributed by atoms with Crippen molar-refractivity contribution in [3.63, 3.8) is 0 Å². The third-order valence-electron chi connectivity index (χ3n) is 11.2. The van der Waals surface area contributed by atoms with E-state index in [0.717, 1.165) is 43.5 Å². The molecule has 3 aromatic carbocycles. The van der Waals surface area contributed by atoms with Crippen molar-refractivity contribution in [1.82, 2.24) is 4.90 Å². The van der Waals surface area contributed by atoms with Crippen molar-refractivity contribution < 1.29 is 48.8 Å². The zero-order chi connectivity index (χ0) is 46.0. The maximum Gasteiger partial charge on any atom is 0.405 e. The Balaban J connectivity index is 1.39. The van der Waals surface area contributed by atoms with Crippen LogP contribution in [0, 0.1) is 16.0 Å². The third kappa shape index (κ3) is 12.3. The summed E-state index contributed by atoms with van der Waals surface area (Å²) in [6, 6.07) is 14.7. The maximum atomic E-state index is 13.7. The highest BCUT2D eigenvalue weighted by Crippen LogP contribution is 2.43. The smallest absolute Gasteiger partial charge is 0.405 e. The predicted octanol–water partition coefficient (Wildman–Crippen LogP) is 6.27. The number of methoxy groups -OCH3 is 2. The Morgan fingerprint density at radius 1 is 1.00 bits per heavy atom. The first-order valence-electron chi connectivity index (χ1n) is 20.4. The topological polar surface area (TPSA) is 239 Å². The van der Waals surface area contributed by atoms with Gasteiger partial charge in [0, 0.05) is 93.4 Å². The number of nitro groups is 1. The maximum absolute atomic E-state index is 13.7. The Labute approximate surface area is 366 Å². The number of aromatic hydroxyl groups is 2. The molecule has 1 fully saturated rings. The highest BCUT2D eigenvalue weighted by Gasteiger charge is 2.29. The van der Waals surface area contributed by atoms with Gasteiger partial charge in [-0.15, -0.1) is 0 Å². The van der Waals surface area contributed by atoms with Gasteiger partial charge in [0.2, 0.25) is 0 Å². The summed E-state index contributed by atoms with van der Waals surface area (Å²) >= 11 is 0. The van der Waals surface area contributed by atoms with Gasteiger partial charge in [0.1, 0.15) is 17.6 Å². The monoisotopic (exact) mass is 868 g/mol. The number of nitrogens with one attached hydrogen (secondary N) is 2. The van der Waals surface area contributed by atoms with Gasteiger partial charge in [-0.2, -0.15) is 0 Å². The number of benzene rings is 3. The van der Waals surface area contributed by atoms with E-state index in [-0.39, 0.29) is 40.2 Å². The minimum atomic E-state index is -1.08. The standard InChI is InChI=1S/C46H56N6O11/c1-27-22-35-40(49-45(57)32-12-10-31(11-13-32)26-50-18-20-51(21-19-50)33-14-16-34(17-15-33)52(59)60)37(53)25-36(42(35)55)48-44(56)28(2)8-7-9-38(61-5)43(63-46(47)58)30(4)24-29(3)41(54)39(23-27)62-6/h7-17,22,24-25,29,38-39,41,43,53-55H,18-21,23,26H2,1-6H3,(H2,47,58)(H,48,56)(H,49,57)/b9-7?,27-22+,28-8+,30-24+/t29-,38-,39-,41+,43-/m0/s1. The number of ether oxygens (including phenoxy) is 3. The van der Waals surface area contributed by atoms with Crippen LogP contribution in [0.5, 0.6) is 11.5 Å². The Kier molecular flexibility index (Phi) is 16.2. The molecule has 5 rings (SSSR count). The number of anilines is 3. The van der Waals surface area contributed by atoms with Crippen molar-refractivity contribution in [3.05, 3.63) is 122 Å². The van der Waals surface area contributed by atoms with Gasteiger partial charge in [0.25, 0.3) is 17.5 Å². The first-order chi connectivity index (χ1) is 30.0. The van der Waals surface area contributed by atoms with E-state index in [2.05, 4.69) is 20.4 Å². The number of carbonyl (C=O) groups excluding carboxylic acids is 3. The molecule has 0 radical (unpaired) electrons. The van der Waals surface area contributed by atoms with Gasteiger partial charge in [-0.3, -0.25) is 24.6 Å². The van der Waals surface area contributed by atoms with Crippen LogP contribution in [0.4, 0.5) is 27.5 Å². The number of aliphatic hydroxyl groups excluding tert-OH is 1. The van der Waals surface area contributed by atoms with E-state index in [9.17, 15) is 39.8 Å². The molecule has 0 saturated carbocycles. The number of amides is 3. The molecule has 63 heavy (non-hydrogen) atoms. The summed E-state index contributed by atoms with van der Waals surface area (Å²) in [6.07, 6.45) is 3.31. The number of phenols is 2. The molecule has 7 N–H and O–H groups in total. The van der Waals surface area contributed by atoms with E-state index in [1.54, 1.807) is 57.2 Å². The minimum absolute atomic E-state index is 0.00240. The molecule has 2 heterocycles. The zero-order valence-corrected chi connectivity index (χ0v) is 36.2. The summed E-state index contributed by atoms with van der Waals surface area (Å²) in [5, 5.41) is 50.9. The van der Waals surface area contributed by atoms with Crippen LogP contribution in [0.1, 0.15) is 55.6 Å². The van der Waals surface area contributed by atoms with Crippen molar-refractivity contribution in [2.75, 3.05) is 55.9 Å². The number of nitrogens with two attached hydrogens (primary N) is 1. The number of piperazine rings is 1. The molecule has 2 bridgehead atoms. The number of hydrogen-bond acceptors (Lipinski definition) is 13. The molecule has 0 spiro atoms. The highest BCUT2D eigenvalue weighted by atomic mass is 16.6. The van der Waals surface area contributed by atoms with Gasteiger partial charge < -0.3 is 50.8 Å². The summed E-state index contributed by atoms with van der Waals surface area (Å²) in [5.41, 5.74) is 8.72. The molecule has 5 atom stereocenters. The molecule has 336 valence electrons. The number of allylic oxidation sites excluding steroid dienone is 2. The molecule has 2 aliphatic rings. The molecule has 0 unspecified atom stereocenters. The summed E-state index contributed by atoms with van der Waals surface area (Å²) in [4.78, 5) is 54.1. The molecule has 17 nitrogen and oxygen atoms in total. The molecule has 17 heteroatoms. The number of primary amides is 1. The molecule has 1 saturated heterocycles. The van der Waals surface area contributed by atoms with Gasteiger partial charge in [-0.1, -0.05) is 48.9 Å². The summed E-state index contributed by atoms with van der Waals surface area (Å²) < 4.78 is 16.7. The third-order valence-corrected chi connectivity index (χ3v) is 11.2. The highest BCUT2D eigenvalue weighted by molar-refractivity contribution is 6.09. The van der Waals surface area contributed by atoms with Gasteiger partial charge in [0.05, 0.1) is 28.5 Å². The Morgan fingerprint density at radius 3 is 2.27 bits per heavy atom. The lowest BCUT2D eigenvalue weighted by molar-refractivity contribution is -0.384. The summed E-state index contributed by atoms with van der Waals surface area (Å²) in [6.45, 7) is 10.4. The van der Waals surface area contributed by atoms with E-state index >= 15 is 0 Å². The Bertz CT molecular complexity index is 2260. The van der Waals surface area contributed by atoms with Crippen molar-refractivity contribution >= 4 is 46.7 Å². The normalized spacial score (nSPS) is 24.2. The molecular weight excluding hydrogens is 813 g/mol. The number of nitro benzene ring substituents is 1. The summed E-state index contributed by atoms with van der Waals surface area (Å²) in [5.74, 6) is -2.59. The molecule has 3 amide bonds. The predicted molar refractivity (Wildman–Crippen MR) is 240 cm³/mol. The van der Waals surface area contributed by atoms with Crippen LogP contribution >= 0.6 is 0 Å². The fourth-order valence-corrected chi connectivity index (χ4v) is 7.57. The largest absolute Gasteiger partial charge is 0.506 e. The van der Waals surface area contributed by atoms with Gasteiger partial charge >= 0.3 is 6.09 Å². The fourth-order valence-electron chi connectivity index (χ4n) is 7.57. The van der Waals surface area contributed by atoms with Crippen molar-refractivity contribution in [2.24, 2.45) is 11.7 Å². The van der Waals surface area contributed by atoms with Crippen LogP contribution in [0.3, 0.4) is 0 Å². The molecule has 0 aliphatic carbocycles. The second-order valence-electron chi connectivity index (χ2n) is 15.7. The average Bonchev–Trinajstić information content (AvgIpc) is 3.26. The average molecular weight is 869 g/mol. The van der Waals surface area contributed by atoms with E-state index < -0.39 is 64.7 Å². The lowest BCUT2D eigenvalue weighted by Crippen LogP contribution is -2.45. The number of non-ortho nitro benzene ring substituents is 1. The van der Waals surface area contributed by atoms with Crippen molar-refractivity contribution in [3.8, 4) is 11.5 Å². The van der Waals surface area contributed by atoms with Crippen molar-refractivity contribution in [2.45, 2.75) is 65.1 Å². The molecule has 2 aliphatic heterocycles. The molecule has 3 aromatic rings. The van der Waals surface area contributed by atoms with Gasteiger partial charge in [-0.05, 0) is 68.7 Å². The number of carbonyl (C=O) groups is 3. The van der Waals surface area contributed by atoms with Crippen LogP contribution in [0.15, 0.2) is 95.6 Å². The fraction of sp³-hybridized carbons (Fsp3) is 0.370. The number of phenolic OH excluding ortho intramolecular Hbond substituents is 2. The minimum Gasteiger partial charge on any atom is -0.506 e. The second-order valence-corrected chi connectivity index (χ2v) is 15.7. The lowest BCUT2D eigenvalue weighted by Gasteiger charge is -2.36. The van der Waals surface area contributed by atoms with E-state index in [4.69, 9.17) is 19.9 Å². The second kappa shape index (κ2) is 21.5. The Morgan fingerprint density at radius 2 is 1.67 bits per heavy atom. The van der Waals surface area contributed by atoms with E-state index in [1.807, 2.05) is 12.1 Å². The van der Waals surface area contributed by atoms with Crippen LogP contribution in [0.25, 0.3) is 6.08 Å². The number of rotatable bonds is 9. The van der Waals surface area contributed by atoms with Crippen LogP contribution in [0.2, 0.25) is 0 Å². The number of hydrogen-bond donors (Lipinski definition) is 6. The Hall–Kier alpha value is -6.53. The number of aliphatic hydroxyl groups is 1. The van der Waals surface area contributed by atoms with E-state index in [1.165, 1.54) is 51.5 Å². The number of fused-ring (bicyclic) bond motifs is 2.